The van der Waals surface area contributed by atoms with Crippen LogP contribution in [0.1, 0.15) is 110 Å². The topological polar surface area (TPSA) is 0 Å². The molecule has 2 aliphatic rings. The van der Waals surface area contributed by atoms with E-state index in [1.54, 1.807) is 0 Å². The maximum atomic E-state index is 2.38. The maximum Gasteiger partial charge on any atom is -0.00578 e. The largest absolute Gasteiger partial charge is 0.0776 e. The zero-order valence-electron chi connectivity index (χ0n) is 20.9. The molecule has 0 N–H and O–H groups in total. The van der Waals surface area contributed by atoms with Gasteiger partial charge in [0.1, 0.15) is 0 Å². The Morgan fingerprint density at radius 1 is 0.548 bits per heavy atom. The van der Waals surface area contributed by atoms with Gasteiger partial charge in [-0.25, -0.2) is 0 Å². The lowest BCUT2D eigenvalue weighted by atomic mass is 9.85. The molecule has 0 saturated carbocycles. The molecule has 0 nitrogen and oxygen atoms in total. The number of benzene rings is 2. The fraction of sp³-hybridized carbons (Fsp3) is 0.484. The van der Waals surface area contributed by atoms with Crippen molar-refractivity contribution in [2.75, 3.05) is 0 Å². The van der Waals surface area contributed by atoms with E-state index < -0.39 is 0 Å². The van der Waals surface area contributed by atoms with Crippen molar-refractivity contribution >= 4 is 11.1 Å². The lowest BCUT2D eigenvalue weighted by Gasteiger charge is -2.20. The van der Waals surface area contributed by atoms with Crippen LogP contribution in [0.4, 0.5) is 0 Å². The quantitative estimate of drug-likeness (QED) is 0.401. The van der Waals surface area contributed by atoms with Crippen LogP contribution in [0.3, 0.4) is 0 Å². The van der Waals surface area contributed by atoms with E-state index in [2.05, 4.69) is 106 Å². The summed E-state index contributed by atoms with van der Waals surface area (Å²) in [5.41, 5.74) is 15.4. The molecule has 0 heterocycles. The van der Waals surface area contributed by atoms with Gasteiger partial charge in [-0.1, -0.05) is 96.5 Å². The van der Waals surface area contributed by atoms with E-state index in [4.69, 9.17) is 0 Å². The Morgan fingerprint density at radius 3 is 1.55 bits per heavy atom. The summed E-state index contributed by atoms with van der Waals surface area (Å²) in [5.74, 6) is 0. The molecule has 0 aromatic heterocycles. The summed E-state index contributed by atoms with van der Waals surface area (Å²) in [4.78, 5) is 0. The number of hydrogen-bond acceptors (Lipinski definition) is 0. The first-order valence-corrected chi connectivity index (χ1v) is 11.4. The molecule has 2 aromatic carbocycles. The Balaban J connectivity index is 0.000000213. The van der Waals surface area contributed by atoms with Crippen molar-refractivity contribution < 1.29 is 0 Å². The van der Waals surface area contributed by atoms with Crippen molar-refractivity contribution in [1.29, 1.82) is 0 Å². The van der Waals surface area contributed by atoms with Gasteiger partial charge in [0.25, 0.3) is 0 Å². The van der Waals surface area contributed by atoms with E-state index in [1.807, 2.05) is 0 Å². The van der Waals surface area contributed by atoms with Crippen LogP contribution in [-0.2, 0) is 23.7 Å². The van der Waals surface area contributed by atoms with E-state index in [9.17, 15) is 0 Å². The van der Waals surface area contributed by atoms with E-state index in [1.165, 1.54) is 55.7 Å². The molecule has 0 fully saturated rings. The van der Waals surface area contributed by atoms with Gasteiger partial charge < -0.3 is 0 Å². The Bertz CT molecular complexity index is 1030. The molecule has 4 rings (SSSR count). The number of allylic oxidation sites excluding steroid dienone is 4. The summed E-state index contributed by atoms with van der Waals surface area (Å²) in [5, 5.41) is 0. The highest BCUT2D eigenvalue weighted by molar-refractivity contribution is 5.75. The standard InChI is InChI=1S/2C15H20.CH4/c1-10-8-12-9-13(15(3,4)5)6-7-14(12)11(10)2;1-10-8-12-6-7-13(15(3,4)5)9-14(12)11(10)2;/h2*6-7,9H,8H2,1-5H3;1H4. The molecule has 0 atom stereocenters. The van der Waals surface area contributed by atoms with E-state index in [0.29, 0.717) is 0 Å². The van der Waals surface area contributed by atoms with Gasteiger partial charge in [-0.2, -0.15) is 0 Å². The third-order valence-corrected chi connectivity index (χ3v) is 6.95. The number of hydrogen-bond donors (Lipinski definition) is 0. The Morgan fingerprint density at radius 2 is 1.00 bits per heavy atom. The highest BCUT2D eigenvalue weighted by Gasteiger charge is 2.21. The molecule has 0 amide bonds. The molecule has 2 aliphatic carbocycles. The summed E-state index contributed by atoms with van der Waals surface area (Å²) in [6.45, 7) is 22.6. The first-order chi connectivity index (χ1) is 13.8. The molecule has 31 heavy (non-hydrogen) atoms. The third-order valence-electron chi connectivity index (χ3n) is 6.95. The van der Waals surface area contributed by atoms with Gasteiger partial charge in [-0.05, 0) is 95.9 Å². The van der Waals surface area contributed by atoms with Gasteiger partial charge in [0, 0.05) is 0 Å². The average molecular weight is 417 g/mol. The predicted octanol–water partition coefficient (Wildman–Crippen LogP) is 9.30. The van der Waals surface area contributed by atoms with Gasteiger partial charge in [-0.3, -0.25) is 0 Å². The summed E-state index contributed by atoms with van der Waals surface area (Å²) < 4.78 is 0. The minimum absolute atomic E-state index is 0. The molecule has 168 valence electrons. The van der Waals surface area contributed by atoms with Crippen LogP contribution in [-0.4, -0.2) is 0 Å². The summed E-state index contributed by atoms with van der Waals surface area (Å²) >= 11 is 0. The molecule has 0 unspecified atom stereocenters. The zero-order valence-corrected chi connectivity index (χ0v) is 20.9. The van der Waals surface area contributed by atoms with Crippen molar-refractivity contribution in [1.82, 2.24) is 0 Å². The minimum Gasteiger partial charge on any atom is -0.0776 e. The molecule has 0 saturated heterocycles. The second-order valence-electron chi connectivity index (χ2n) is 11.4. The Labute approximate surface area is 192 Å². The van der Waals surface area contributed by atoms with Crippen molar-refractivity contribution in [2.24, 2.45) is 0 Å². The fourth-order valence-electron chi connectivity index (χ4n) is 4.41. The van der Waals surface area contributed by atoms with Crippen molar-refractivity contribution in [3.8, 4) is 0 Å². The van der Waals surface area contributed by atoms with E-state index >= 15 is 0 Å². The number of rotatable bonds is 0. The second-order valence-corrected chi connectivity index (χ2v) is 11.4. The van der Waals surface area contributed by atoms with Crippen LogP contribution >= 0.6 is 0 Å². The monoisotopic (exact) mass is 416 g/mol. The zero-order chi connectivity index (χ0) is 22.4. The summed E-state index contributed by atoms with van der Waals surface area (Å²) in [6, 6.07) is 13.9. The van der Waals surface area contributed by atoms with Crippen LogP contribution in [0.15, 0.2) is 47.5 Å². The maximum absolute atomic E-state index is 2.38. The van der Waals surface area contributed by atoms with Gasteiger partial charge >= 0.3 is 0 Å². The van der Waals surface area contributed by atoms with E-state index in [0.717, 1.165) is 12.8 Å². The van der Waals surface area contributed by atoms with Crippen LogP contribution in [0.25, 0.3) is 11.1 Å². The van der Waals surface area contributed by atoms with Gasteiger partial charge in [-0.15, -0.1) is 0 Å². The molecule has 2 aromatic rings. The lowest BCUT2D eigenvalue weighted by molar-refractivity contribution is 0.589. The minimum atomic E-state index is 0. The molecule has 0 radical (unpaired) electrons. The summed E-state index contributed by atoms with van der Waals surface area (Å²) in [6.07, 6.45) is 2.29. The normalized spacial score (nSPS) is 15.3. The Hall–Kier alpha value is -2.08. The second kappa shape index (κ2) is 8.81. The first-order valence-electron chi connectivity index (χ1n) is 11.4. The highest BCUT2D eigenvalue weighted by atomic mass is 14.3. The molecular weight excluding hydrogens is 372 g/mol. The predicted molar refractivity (Wildman–Crippen MR) is 141 cm³/mol. The molecule has 0 heteroatoms. The first kappa shape index (κ1) is 25.2. The molecular formula is C31H44. The van der Waals surface area contributed by atoms with Crippen molar-refractivity contribution in [3.05, 3.63) is 80.9 Å². The van der Waals surface area contributed by atoms with Crippen LogP contribution in [0.5, 0.6) is 0 Å². The van der Waals surface area contributed by atoms with Gasteiger partial charge in [0.05, 0.1) is 0 Å². The van der Waals surface area contributed by atoms with Crippen LogP contribution < -0.4 is 0 Å². The average Bonchev–Trinajstić information content (AvgIpc) is 3.09. The third kappa shape index (κ3) is 5.22. The van der Waals surface area contributed by atoms with Crippen molar-refractivity contribution in [2.45, 2.75) is 100 Å². The van der Waals surface area contributed by atoms with Crippen molar-refractivity contribution in [3.63, 3.8) is 0 Å². The summed E-state index contributed by atoms with van der Waals surface area (Å²) in [7, 11) is 0. The van der Waals surface area contributed by atoms with E-state index in [-0.39, 0.29) is 18.3 Å². The number of fused-ring (bicyclic) bond motifs is 2. The molecule has 0 bridgehead atoms. The lowest BCUT2D eigenvalue weighted by Crippen LogP contribution is -2.11. The van der Waals surface area contributed by atoms with Gasteiger partial charge in [0.15, 0.2) is 0 Å². The molecule has 0 aliphatic heterocycles. The molecule has 0 spiro atoms. The van der Waals surface area contributed by atoms with Crippen LogP contribution in [0, 0.1) is 0 Å². The SMILES string of the molecule is C.CC1=C(C)c2cc(C(C)(C)C)ccc2C1.CC1=C(C)c2ccc(C(C)(C)C)cc2C1. The Kier molecular flexibility index (Phi) is 7.16. The van der Waals surface area contributed by atoms with Gasteiger partial charge in [0.2, 0.25) is 0 Å². The highest BCUT2D eigenvalue weighted by Crippen LogP contribution is 2.36. The van der Waals surface area contributed by atoms with Crippen LogP contribution in [0.2, 0.25) is 0 Å². The fourth-order valence-corrected chi connectivity index (χ4v) is 4.41. The smallest absolute Gasteiger partial charge is 0.00578 e.